The molecule has 0 aromatic carbocycles. The van der Waals surface area contributed by atoms with Gasteiger partial charge in [0, 0.05) is 47.5 Å². The number of carbonyl (C=O) groups is 1. The molecule has 0 rings (SSSR count). The first kappa shape index (κ1) is 59.0. The molecule has 4 atom stereocenters. The first-order valence-corrected chi connectivity index (χ1v) is 17.9. The van der Waals surface area contributed by atoms with Crippen molar-refractivity contribution in [2.75, 3.05) is 28.2 Å². The second kappa shape index (κ2) is 26.7. The topological polar surface area (TPSA) is 23.6 Å². The van der Waals surface area contributed by atoms with Crippen molar-refractivity contribution in [1.29, 1.82) is 0 Å². The van der Waals surface area contributed by atoms with Crippen LogP contribution in [-0.4, -0.2) is 53.0 Å². The standard InChI is InChI=1S/C15H31.C14H27O.C5H11N.C4H9N.2V.2W/c1-10-14(6,7)12(4)13(5)15(8,9)11(2)3;1-10(2)14(7,8)12(4)11(3)13(5,6)9-15;1-4-5-6(2)3;1-4-5(2)3;;;;/h12-13H,10H2,1-9H3;9,11-12H,1-8H3;4H2,1-3H3;1-3H3;;;;/q2*-1;;;;;;/t12-,13?;11-,12?;;;;;;/m00....../s1. The van der Waals surface area contributed by atoms with Crippen LogP contribution in [-0.2, 0) is 80.9 Å². The summed E-state index contributed by atoms with van der Waals surface area (Å²) in [7, 11) is 8.15. The number of carbonyl (C=O) groups excluding carboxylic acids is 1. The van der Waals surface area contributed by atoms with Gasteiger partial charge in [-0.15, -0.1) is 0 Å². The van der Waals surface area contributed by atoms with Crippen molar-refractivity contribution in [2.45, 2.75) is 144 Å². The largest absolute Gasteiger partial charge is 0 e. The third kappa shape index (κ3) is 23.1. The van der Waals surface area contributed by atoms with E-state index in [2.05, 4.69) is 176 Å². The van der Waals surface area contributed by atoms with E-state index in [0.717, 1.165) is 24.5 Å². The number of aldehydes is 1. The van der Waals surface area contributed by atoms with E-state index in [9.17, 15) is 4.79 Å². The summed E-state index contributed by atoms with van der Waals surface area (Å²) in [6, 6.07) is 0. The third-order valence-corrected chi connectivity index (χ3v) is 13.2. The van der Waals surface area contributed by atoms with Crippen molar-refractivity contribution < 1.29 is 80.9 Å². The van der Waals surface area contributed by atoms with Gasteiger partial charge in [-0.3, -0.25) is 0 Å². The molecular weight excluding hydrogens is 970 g/mol. The molecule has 0 radical (unpaired) electrons. The molecule has 0 saturated carbocycles. The summed E-state index contributed by atoms with van der Waals surface area (Å²) >= 11 is 5.04. The fourth-order valence-electron chi connectivity index (χ4n) is 4.23. The summed E-state index contributed by atoms with van der Waals surface area (Å²) in [5.41, 5.74) is 0.768. The minimum absolute atomic E-state index is 0. The number of hydrogen-bond acceptors (Lipinski definition) is 3. The Bertz CT molecular complexity index is 791. The van der Waals surface area contributed by atoms with Crippen LogP contribution >= 0.6 is 0 Å². The molecule has 0 aliphatic heterocycles. The summed E-state index contributed by atoms with van der Waals surface area (Å²) in [6.07, 6.45) is 3.49. The van der Waals surface area contributed by atoms with E-state index in [1.165, 1.54) is 21.0 Å². The normalized spacial score (nSPS) is 14.6. The predicted octanol–water partition coefficient (Wildman–Crippen LogP) is 10.3. The zero-order chi connectivity index (χ0) is 35.9. The first-order chi connectivity index (χ1) is 19.0. The third-order valence-electron chi connectivity index (χ3n) is 11.5. The molecule has 0 spiro atoms. The summed E-state index contributed by atoms with van der Waals surface area (Å²) in [6.45, 7) is 42.8. The van der Waals surface area contributed by atoms with Crippen LogP contribution in [0.3, 0.4) is 0 Å². The van der Waals surface area contributed by atoms with E-state index < -0.39 is 0 Å². The molecule has 0 aromatic heterocycles. The van der Waals surface area contributed by atoms with Gasteiger partial charge >= 0.3 is 101 Å². The average molecular weight is 1050 g/mol. The van der Waals surface area contributed by atoms with Crippen LogP contribution in [0.4, 0.5) is 0 Å². The number of nitrogens with zero attached hydrogens (tertiary/aromatic N) is 2. The van der Waals surface area contributed by atoms with Crippen LogP contribution < -0.4 is 0 Å². The molecule has 0 aromatic rings. The Kier molecular flexibility index (Phi) is 35.0. The monoisotopic (exact) mass is 1050 g/mol. The van der Waals surface area contributed by atoms with Crippen molar-refractivity contribution in [3.05, 3.63) is 11.8 Å². The summed E-state index contributed by atoms with van der Waals surface area (Å²) in [4.78, 5) is 15.2. The van der Waals surface area contributed by atoms with Gasteiger partial charge in [0.2, 0.25) is 0 Å². The Morgan fingerprint density at radius 3 is 1.11 bits per heavy atom. The molecule has 0 N–H and O–H groups in total. The minimum Gasteiger partial charge on any atom is 0 e. The van der Waals surface area contributed by atoms with E-state index in [0.29, 0.717) is 22.7 Å². The first-order valence-electron chi connectivity index (χ1n) is 16.5. The molecule has 2 unspecified atom stereocenters. The average Bonchev–Trinajstić information content (AvgIpc) is 2.91. The second-order valence-corrected chi connectivity index (χ2v) is 17.8. The van der Waals surface area contributed by atoms with Gasteiger partial charge in [-0.25, -0.2) is 0 Å². The van der Waals surface area contributed by atoms with Gasteiger partial charge in [0.25, 0.3) is 0 Å². The van der Waals surface area contributed by atoms with Crippen LogP contribution in [0, 0.1) is 57.2 Å². The summed E-state index contributed by atoms with van der Waals surface area (Å²) < 4.78 is 2.65. The SMILES string of the molecule is CCC(C)(C)[C@@H](C)C(C)C(C)(C)[C-](C)C.CC[C](=[V])N(C)C.C[C-](C)C(C)(C)C(C)[C@H](C)C(C)(C)C=O.C[C](=[V])N(C)C.[W].[W]. The van der Waals surface area contributed by atoms with E-state index in [4.69, 9.17) is 0 Å². The Morgan fingerprint density at radius 2 is 0.956 bits per heavy atom. The van der Waals surface area contributed by atoms with Crippen molar-refractivity contribution >= 4 is 15.0 Å². The van der Waals surface area contributed by atoms with Crippen LogP contribution in [0.25, 0.3) is 0 Å². The molecule has 0 heterocycles. The molecule has 0 amide bonds. The van der Waals surface area contributed by atoms with Crippen LogP contribution in [0.5, 0.6) is 0 Å². The zero-order valence-corrected chi connectivity index (χ0v) is 43.0. The Hall–Kier alpha value is 1.88. The minimum atomic E-state index is -0.230. The van der Waals surface area contributed by atoms with Crippen molar-refractivity contribution in [1.82, 2.24) is 9.80 Å². The molecule has 45 heavy (non-hydrogen) atoms. The molecule has 7 heteroatoms. The van der Waals surface area contributed by atoms with Gasteiger partial charge in [-0.1, -0.05) is 108 Å². The molecule has 0 saturated heterocycles. The Morgan fingerprint density at radius 1 is 0.667 bits per heavy atom. The maximum atomic E-state index is 11.1. The van der Waals surface area contributed by atoms with Crippen LogP contribution in [0.2, 0.25) is 0 Å². The smallest absolute Gasteiger partial charge is 0 e. The van der Waals surface area contributed by atoms with Gasteiger partial charge in [0.15, 0.2) is 0 Å². The fourth-order valence-corrected chi connectivity index (χ4v) is 4.23. The molecule has 0 bridgehead atoms. The summed E-state index contributed by atoms with van der Waals surface area (Å²) in [5.74, 6) is 5.37. The van der Waals surface area contributed by atoms with Crippen molar-refractivity contribution in [3.63, 3.8) is 0 Å². The Labute approximate surface area is 332 Å². The second-order valence-electron chi connectivity index (χ2n) is 16.0. The van der Waals surface area contributed by atoms with Crippen molar-refractivity contribution in [2.24, 2.45) is 45.3 Å². The van der Waals surface area contributed by atoms with Gasteiger partial charge in [-0.05, 0) is 17.3 Å². The molecule has 0 fully saturated rings. The quantitative estimate of drug-likeness (QED) is 0.136. The summed E-state index contributed by atoms with van der Waals surface area (Å²) in [5, 5.41) is 0. The van der Waals surface area contributed by atoms with E-state index in [1.807, 2.05) is 27.9 Å². The van der Waals surface area contributed by atoms with Gasteiger partial charge in [-0.2, -0.15) is 38.5 Å². The van der Waals surface area contributed by atoms with Crippen LogP contribution in [0.15, 0.2) is 0 Å². The van der Waals surface area contributed by atoms with E-state index in [1.54, 1.807) is 5.92 Å². The van der Waals surface area contributed by atoms with Crippen LogP contribution in [0.1, 0.15) is 144 Å². The Balaban J connectivity index is -0.000000119. The fraction of sp³-hybridized carbons (Fsp3) is 0.868. The maximum absolute atomic E-state index is 11.1. The van der Waals surface area contributed by atoms with E-state index in [-0.39, 0.29) is 53.0 Å². The number of rotatable bonds is 13. The van der Waals surface area contributed by atoms with Gasteiger partial charge in [0.1, 0.15) is 6.29 Å². The van der Waals surface area contributed by atoms with Crippen molar-refractivity contribution in [3.8, 4) is 0 Å². The molecule has 0 aliphatic carbocycles. The number of hydrogen-bond donors (Lipinski definition) is 0. The molecular formula is C38H78N2OV2W2-2. The zero-order valence-electron chi connectivity index (χ0n) is 34.3. The predicted molar refractivity (Wildman–Crippen MR) is 191 cm³/mol. The van der Waals surface area contributed by atoms with Gasteiger partial charge < -0.3 is 16.6 Å². The molecule has 3 nitrogen and oxygen atoms in total. The maximum Gasteiger partial charge on any atom is 0 e. The molecule has 270 valence electrons. The van der Waals surface area contributed by atoms with E-state index >= 15 is 0 Å². The van der Waals surface area contributed by atoms with Gasteiger partial charge in [0.05, 0.1) is 0 Å². The molecule has 0 aliphatic rings.